The predicted octanol–water partition coefficient (Wildman–Crippen LogP) is 4.33. The second kappa shape index (κ2) is 16.1. The van der Waals surface area contributed by atoms with E-state index in [2.05, 4.69) is 15.0 Å². The van der Waals surface area contributed by atoms with Crippen molar-refractivity contribution in [3.05, 3.63) is 66.7 Å². The molecule has 77 heavy (non-hydrogen) atoms. The minimum absolute atomic E-state index is 0.136. The molecule has 0 amide bonds. The number of hydrogen-bond acceptors (Lipinski definition) is 21. The molecule has 0 saturated heterocycles. The molecule has 0 spiro atoms. The van der Waals surface area contributed by atoms with E-state index in [1.54, 1.807) is 12.1 Å². The average molecular weight is 1030 g/mol. The molecule has 0 aliphatic rings. The minimum Gasteiger partial charge on any atom is -0.508 e. The first-order valence-corrected chi connectivity index (χ1v) is 22.2. The summed E-state index contributed by atoms with van der Waals surface area (Å²) in [5, 5.41) is 169. The normalized spacial score (nSPS) is 11.8. The van der Waals surface area contributed by atoms with Crippen molar-refractivity contribution in [2.75, 3.05) is 0 Å². The molecule has 0 aliphatic heterocycles. The highest BCUT2D eigenvalue weighted by Crippen LogP contribution is 2.58. The molecule has 22 nitrogen and oxygen atoms in total. The zero-order valence-corrected chi connectivity index (χ0v) is 38.4. The van der Waals surface area contributed by atoms with E-state index in [1.807, 2.05) is 48.5 Å². The third-order valence-electron chi connectivity index (χ3n) is 13.4. The fourth-order valence-electron chi connectivity index (χ4n) is 9.75. The van der Waals surface area contributed by atoms with Crippen LogP contribution in [0.3, 0.4) is 0 Å². The Balaban J connectivity index is 1.20. The molecule has 0 saturated carbocycles. The smallest absolute Gasteiger partial charge is 0.252 e. The van der Waals surface area contributed by atoms with Gasteiger partial charge in [-0.2, -0.15) is 0 Å². The quantitative estimate of drug-likeness (QED) is 0.0494. The Morgan fingerprint density at radius 2 is 0.792 bits per heavy atom. The van der Waals surface area contributed by atoms with Gasteiger partial charge in [0.05, 0.1) is 10.8 Å². The number of phenolic OH excluding ortho intramolecular Hbond substituents is 15. The Labute approximate surface area is 431 Å². The maximum atomic E-state index is 12.5. The monoisotopic (exact) mass is 1030 g/mol. The second-order valence-electron chi connectivity index (χ2n) is 17.5. The molecule has 0 unspecified atom stereocenters. The van der Waals surface area contributed by atoms with Gasteiger partial charge < -0.3 is 81.0 Å². The van der Waals surface area contributed by atoms with E-state index < -0.39 is 181 Å². The number of benzene rings is 8. The van der Waals surface area contributed by atoms with Gasteiger partial charge in [0, 0.05) is 33.0 Å². The van der Waals surface area contributed by atoms with Gasteiger partial charge in [-0.1, -0.05) is 83.1 Å². The van der Waals surface area contributed by atoms with Gasteiger partial charge in [-0.3, -0.25) is 13.6 Å². The van der Waals surface area contributed by atoms with Crippen LogP contribution >= 0.6 is 0 Å². The van der Waals surface area contributed by atoms with Crippen molar-refractivity contribution in [3.63, 3.8) is 0 Å². The molecule has 12 aromatic rings. The number of para-hydroxylation sites is 2. The lowest BCUT2D eigenvalue weighted by Crippen LogP contribution is -2.35. The van der Waals surface area contributed by atoms with Gasteiger partial charge >= 0.3 is 0 Å². The van der Waals surface area contributed by atoms with Crippen molar-refractivity contribution < 1.29 is 90.2 Å². The molecule has 4 aromatic heterocycles. The van der Waals surface area contributed by atoms with Crippen LogP contribution in [0, 0.1) is 0 Å². The third kappa shape index (κ3) is 6.13. The summed E-state index contributed by atoms with van der Waals surface area (Å²) >= 11 is 0. The molecule has 8 aromatic carbocycles. The molecular weight excluding hydrogens is 1000 g/mol. The molecule has 0 atom stereocenters. The fourth-order valence-corrected chi connectivity index (χ4v) is 9.75. The largest absolute Gasteiger partial charge is 0.508 e. The third-order valence-corrected chi connectivity index (χ3v) is 13.4. The summed E-state index contributed by atoms with van der Waals surface area (Å²) in [6.45, 7) is 0. The highest BCUT2D eigenvalue weighted by Gasteiger charge is 2.36. The minimum atomic E-state index is -1.42. The zero-order chi connectivity index (χ0) is 54.7. The first-order valence-electron chi connectivity index (χ1n) is 22.2. The number of hydrogen-bond donors (Lipinski definition) is 15. The topological polar surface area (TPSA) is 386 Å². The molecule has 8 radical (unpaired) electrons. The second-order valence-corrected chi connectivity index (χ2v) is 17.5. The van der Waals surface area contributed by atoms with Gasteiger partial charge in [0.25, 0.3) is 5.58 Å². The van der Waals surface area contributed by atoms with E-state index in [0.717, 1.165) is 5.56 Å². The van der Waals surface area contributed by atoms with Crippen LogP contribution in [0.1, 0.15) is 0 Å². The highest BCUT2D eigenvalue weighted by atomic mass is 17.0. The number of phenols is 15. The molecule has 15 N–H and O–H groups in total. The van der Waals surface area contributed by atoms with Crippen molar-refractivity contribution in [2.24, 2.45) is 0 Å². The summed E-state index contributed by atoms with van der Waals surface area (Å²) in [7, 11) is 26.2. The molecule has 370 valence electrons. The summed E-state index contributed by atoms with van der Waals surface area (Å²) in [5.74, 6) is -21.9. The molecule has 0 bridgehead atoms. The van der Waals surface area contributed by atoms with Gasteiger partial charge in [0.15, 0.2) is 52.0 Å². The Kier molecular flexibility index (Phi) is 9.89. The van der Waals surface area contributed by atoms with Crippen molar-refractivity contribution >= 4 is 114 Å². The van der Waals surface area contributed by atoms with Crippen LogP contribution in [0.25, 0.3) is 117 Å². The van der Waals surface area contributed by atoms with E-state index in [-0.39, 0.29) is 16.7 Å². The maximum Gasteiger partial charge on any atom is 0.252 e. The lowest BCUT2D eigenvalue weighted by atomic mass is 9.69. The average Bonchev–Trinajstić information content (AvgIpc) is 4.11. The lowest BCUT2D eigenvalue weighted by Gasteiger charge is -2.21. The summed E-state index contributed by atoms with van der Waals surface area (Å²) in [6.07, 6.45) is 0. The van der Waals surface area contributed by atoms with E-state index in [1.165, 1.54) is 6.07 Å². The molecular formula is C51H26B4N4O18. The predicted molar refractivity (Wildman–Crippen MR) is 278 cm³/mol. The zero-order valence-electron chi connectivity index (χ0n) is 38.4. The highest BCUT2D eigenvalue weighted by molar-refractivity contribution is 6.56. The van der Waals surface area contributed by atoms with Crippen molar-refractivity contribution in [1.82, 2.24) is 19.4 Å². The Bertz CT molecular complexity index is 4680. The number of nitrogens with zero attached hydrogens (tertiary/aromatic N) is 4. The first kappa shape index (κ1) is 47.2. The van der Waals surface area contributed by atoms with E-state index in [0.29, 0.717) is 26.3 Å². The number of fused-ring (bicyclic) bond motifs is 8. The summed E-state index contributed by atoms with van der Waals surface area (Å²) < 4.78 is 17.6. The van der Waals surface area contributed by atoms with Crippen LogP contribution in [-0.4, -0.2) is 127 Å². The summed E-state index contributed by atoms with van der Waals surface area (Å²) in [4.78, 5) is 13.0. The Hall–Kier alpha value is -10.8. The Morgan fingerprint density at radius 1 is 0.325 bits per heavy atom. The van der Waals surface area contributed by atoms with Crippen molar-refractivity contribution in [2.45, 2.75) is 0 Å². The van der Waals surface area contributed by atoms with Crippen molar-refractivity contribution in [3.8, 4) is 143 Å². The van der Waals surface area contributed by atoms with E-state index in [4.69, 9.17) is 45.0 Å². The molecule has 4 heterocycles. The van der Waals surface area contributed by atoms with Crippen LogP contribution in [0.2, 0.25) is 0 Å². The standard InChI is InChI=1S/C51H26B4N4O18/c52-23-17(16-11-5-10-15-14-9-4-8-13(45(14)75-46(15)16)12-6-2-1-3-7-12)31(61)25(54)24(53)20(23)49-56-50(58-51(57-49)22-34(64)39(69)42(72)40(70)35(22)65)21-30(60)18-19-28-47(36(66)26(55)32(19)62)76-77-48-29(38(68)41(71)43(73)44(48)74)59(28)27(18)37(67)33(21)63/h1-11,60-74H. The van der Waals surface area contributed by atoms with Crippen LogP contribution in [0.15, 0.2) is 80.3 Å². The number of rotatable bonds is 5. The van der Waals surface area contributed by atoms with Crippen LogP contribution in [0.4, 0.5) is 0 Å². The van der Waals surface area contributed by atoms with Gasteiger partial charge in [-0.25, -0.2) is 15.0 Å². The summed E-state index contributed by atoms with van der Waals surface area (Å²) in [5.41, 5.74) is -7.20. The Morgan fingerprint density at radius 3 is 1.40 bits per heavy atom. The molecule has 0 aliphatic carbocycles. The molecule has 12 rings (SSSR count). The maximum absolute atomic E-state index is 12.5. The van der Waals surface area contributed by atoms with Gasteiger partial charge in [0.1, 0.15) is 87.5 Å². The fraction of sp³-hybridized carbons (Fsp3) is 0. The molecule has 26 heteroatoms. The van der Waals surface area contributed by atoms with E-state index >= 15 is 0 Å². The van der Waals surface area contributed by atoms with Crippen LogP contribution < -0.4 is 21.9 Å². The van der Waals surface area contributed by atoms with Gasteiger partial charge in [-0.05, 0) is 11.0 Å². The van der Waals surface area contributed by atoms with E-state index in [9.17, 15) is 76.6 Å². The van der Waals surface area contributed by atoms with Gasteiger partial charge in [-0.15, -0.1) is 0 Å². The molecule has 0 fully saturated rings. The van der Waals surface area contributed by atoms with Gasteiger partial charge in [0.2, 0.25) is 40.1 Å². The lowest BCUT2D eigenvalue weighted by molar-refractivity contribution is 0.0875. The summed E-state index contributed by atoms with van der Waals surface area (Å²) in [6, 6.07) is 19.8. The number of aromatic hydroxyl groups is 15. The SMILES string of the molecule is [B]c1c([B])c(-c2nc(-c3c(O)c(O)c(O)c(O)c3O)nc(-c3c(O)c(O)c4c(c3O)c3c(O)c([B])c(O)c5ooc6c(O)c(O)c(O)c(O)c6n4c53)n2)c([B])c(-c2cccc3c2oc2c(-c4ccccc4)cccc23)c1O. The van der Waals surface area contributed by atoms with Crippen molar-refractivity contribution in [1.29, 1.82) is 0 Å². The number of furan rings is 1. The first-order chi connectivity index (χ1) is 36.7. The van der Waals surface area contributed by atoms with Crippen LogP contribution in [-0.2, 0) is 0 Å². The number of aromatic nitrogens is 4. The van der Waals surface area contributed by atoms with Crippen LogP contribution in [0.5, 0.6) is 86.2 Å².